The molecule has 0 unspecified atom stereocenters. The van der Waals surface area contributed by atoms with E-state index in [0.29, 0.717) is 44.7 Å². The number of carboxylic acids is 5. The van der Waals surface area contributed by atoms with Gasteiger partial charge in [0, 0.05) is 97.3 Å². The van der Waals surface area contributed by atoms with Crippen LogP contribution in [0, 0.1) is 5.92 Å². The number of benzene rings is 1. The Labute approximate surface area is 461 Å². The zero-order valence-electron chi connectivity index (χ0n) is 44.2. The number of nitrogens with two attached hydrogens (primary N) is 2. The van der Waals surface area contributed by atoms with Gasteiger partial charge < -0.3 is 93.3 Å². The first-order valence-corrected chi connectivity index (χ1v) is 26.0. The summed E-state index contributed by atoms with van der Waals surface area (Å²) in [5, 5.41) is 78.7. The lowest BCUT2D eigenvalue weighted by molar-refractivity contribution is -0.308. The first-order chi connectivity index (χ1) is 37.3. The molecule has 0 aliphatic carbocycles. The minimum absolute atomic E-state index is 0.0606. The second kappa shape index (κ2) is 33.9. The summed E-state index contributed by atoms with van der Waals surface area (Å²) >= 11 is 5.69. The summed E-state index contributed by atoms with van der Waals surface area (Å²) in [5.41, 5.74) is 12.0. The lowest BCUT2D eigenvalue weighted by atomic mass is 10.0. The Morgan fingerprint density at radius 3 is 1.67 bits per heavy atom. The number of carboxylic acid groups (broad SMARTS) is 5. The van der Waals surface area contributed by atoms with Crippen LogP contribution in [-0.4, -0.2) is 239 Å². The third kappa shape index (κ3) is 25.4. The van der Waals surface area contributed by atoms with E-state index in [2.05, 4.69) is 36.9 Å². The molecule has 2 heterocycles. The number of nitrogens with zero attached hydrogens (tertiary/aromatic N) is 6. The van der Waals surface area contributed by atoms with Crippen molar-refractivity contribution in [2.75, 3.05) is 104 Å². The molecule has 0 aromatic heterocycles. The summed E-state index contributed by atoms with van der Waals surface area (Å²) < 4.78 is 0. The van der Waals surface area contributed by atoms with Crippen LogP contribution in [0.25, 0.3) is 0 Å². The third-order valence-electron chi connectivity index (χ3n) is 12.6. The van der Waals surface area contributed by atoms with Crippen LogP contribution in [0.3, 0.4) is 0 Å². The summed E-state index contributed by atoms with van der Waals surface area (Å²) in [5.74, 6) is -12.0. The van der Waals surface area contributed by atoms with Gasteiger partial charge in [-0.15, -0.1) is 0 Å². The fourth-order valence-corrected chi connectivity index (χ4v) is 8.91. The standard InChI is InChI=1S/C48H76N14O16S/c1-29(2)21-33(42(73)57-35(28-63)44(75)55-32(46(77)78)5-3-11-51-47(49)50)56-43(74)34(22-38(65)66)54-37(64)23-52-45(76)36-6-4-12-62(36)48(79)53-31-9-7-30(8-10-31)24-58-13-15-59(25-39(67)68)17-19-61(27-41(71)72)20-18-60(16-14-58)26-40(69)70/h7-10,29,32-36,63H,3-6,11-28H2,1-2H3,(H,52,76)(H,53,79)(H,54,64)(H,55,75)(H,56,74)(H,57,73)(H,65,66)(H,67,68)(H,69,70)(H,71,72)(H,77,78)(H4,49,50,51)/p-3/t32-,33-,34+,35+,36+/m0/s1. The van der Waals surface area contributed by atoms with Gasteiger partial charge in [-0.1, -0.05) is 26.0 Å². The number of thiocarbonyl (C=S) groups is 1. The molecule has 1 aromatic rings. The number of aliphatic hydroxyl groups is 1. The molecule has 79 heavy (non-hydrogen) atoms. The first kappa shape index (κ1) is 66.0. The van der Waals surface area contributed by atoms with E-state index in [1.807, 2.05) is 17.0 Å². The summed E-state index contributed by atoms with van der Waals surface area (Å²) in [6.45, 7) is 3.50. The van der Waals surface area contributed by atoms with E-state index in [1.165, 1.54) is 0 Å². The molecule has 5 atom stereocenters. The topological polar surface area (TPSA) is 453 Å². The van der Waals surface area contributed by atoms with Crippen LogP contribution >= 0.6 is 12.2 Å². The van der Waals surface area contributed by atoms with Crippen molar-refractivity contribution in [2.24, 2.45) is 22.4 Å². The second-order valence-corrected chi connectivity index (χ2v) is 19.8. The predicted molar refractivity (Wildman–Crippen MR) is 279 cm³/mol. The van der Waals surface area contributed by atoms with Crippen molar-refractivity contribution in [1.29, 1.82) is 0 Å². The highest BCUT2D eigenvalue weighted by atomic mass is 32.1. The number of hydrogen-bond donors (Lipinski definition) is 11. The Bertz CT molecular complexity index is 2280. The molecule has 2 aliphatic rings. The Morgan fingerprint density at radius 1 is 0.696 bits per heavy atom. The fraction of sp³-hybridized carbons (Fsp3) is 0.625. The van der Waals surface area contributed by atoms with Crippen molar-refractivity contribution in [3.63, 3.8) is 0 Å². The van der Waals surface area contributed by atoms with Crippen molar-refractivity contribution in [3.8, 4) is 0 Å². The molecule has 30 nitrogen and oxygen atoms in total. The van der Waals surface area contributed by atoms with E-state index in [9.17, 15) is 78.6 Å². The van der Waals surface area contributed by atoms with Crippen molar-refractivity contribution in [1.82, 2.24) is 51.1 Å². The Kier molecular flexibility index (Phi) is 28.3. The number of nitrogens with one attached hydrogen (secondary N) is 6. The lowest BCUT2D eigenvalue weighted by Crippen LogP contribution is -2.59. The highest BCUT2D eigenvalue weighted by Gasteiger charge is 2.35. The van der Waals surface area contributed by atoms with Gasteiger partial charge in [0.1, 0.15) is 30.2 Å². The van der Waals surface area contributed by atoms with E-state index in [-0.39, 0.29) is 95.2 Å². The number of rotatable bonds is 29. The number of hydrogen-bond acceptors (Lipinski definition) is 20. The molecule has 2 fully saturated rings. The van der Waals surface area contributed by atoms with E-state index in [4.69, 9.17) is 23.7 Å². The van der Waals surface area contributed by atoms with Gasteiger partial charge in [0.25, 0.3) is 0 Å². The van der Waals surface area contributed by atoms with Gasteiger partial charge in [-0.25, -0.2) is 4.79 Å². The molecule has 3 rings (SSSR count). The Balaban J connectivity index is 1.61. The molecule has 5 amide bonds. The molecule has 31 heteroatoms. The number of likely N-dealkylation sites (tertiary alicyclic amines) is 1. The van der Waals surface area contributed by atoms with Crippen molar-refractivity contribution in [3.05, 3.63) is 29.8 Å². The van der Waals surface area contributed by atoms with Crippen LogP contribution < -0.4 is 58.7 Å². The Hall–Kier alpha value is -7.32. The van der Waals surface area contributed by atoms with E-state index >= 15 is 0 Å². The summed E-state index contributed by atoms with van der Waals surface area (Å²) in [6, 6.07) is 0.0603. The SMILES string of the molecule is CC(C)C[C@H](NC(=O)[C@@H](CC(=O)O)NC(=O)CNC(=O)[C@H]1CCCN1C(=S)Nc1ccc(CN2CCN(CC(=O)[O-])CCN(CC(=O)[O-])CCN(CC(=O)[O-])CC2)cc1)C(=O)N[C@H](CO)C(=O)N[C@@H](CCCN=C(N)N)C(=O)O. The quantitative estimate of drug-likeness (QED) is 0.0154. The van der Waals surface area contributed by atoms with Crippen molar-refractivity contribution in [2.45, 2.75) is 89.1 Å². The number of amides is 5. The monoisotopic (exact) mass is 1130 g/mol. The maximum Gasteiger partial charge on any atom is 0.326 e. The number of aliphatic carboxylic acids is 5. The molecule has 0 saturated carbocycles. The molecule has 440 valence electrons. The summed E-state index contributed by atoms with van der Waals surface area (Å²) in [7, 11) is 0. The van der Waals surface area contributed by atoms with E-state index in [0.717, 1.165) is 5.56 Å². The van der Waals surface area contributed by atoms with Gasteiger partial charge in [0.15, 0.2) is 11.1 Å². The van der Waals surface area contributed by atoms with Crippen LogP contribution in [0.2, 0.25) is 0 Å². The minimum Gasteiger partial charge on any atom is -0.549 e. The van der Waals surface area contributed by atoms with Gasteiger partial charge in [0.05, 0.1) is 37.5 Å². The molecular weight excluding hydrogens is 1060 g/mol. The zero-order valence-corrected chi connectivity index (χ0v) is 45.0. The van der Waals surface area contributed by atoms with Crippen LogP contribution in [0.4, 0.5) is 5.69 Å². The Morgan fingerprint density at radius 2 is 1.19 bits per heavy atom. The van der Waals surface area contributed by atoms with Crippen LogP contribution in [0.15, 0.2) is 29.3 Å². The maximum absolute atomic E-state index is 13.5. The van der Waals surface area contributed by atoms with Crippen LogP contribution in [0.5, 0.6) is 0 Å². The van der Waals surface area contributed by atoms with Crippen molar-refractivity contribution < 1.29 is 78.6 Å². The van der Waals surface area contributed by atoms with E-state index < -0.39 is 116 Å². The molecule has 2 saturated heterocycles. The van der Waals surface area contributed by atoms with Gasteiger partial charge in [0.2, 0.25) is 29.5 Å². The largest absolute Gasteiger partial charge is 0.549 e. The second-order valence-electron chi connectivity index (χ2n) is 19.4. The predicted octanol–water partition coefficient (Wildman–Crippen LogP) is -8.47. The van der Waals surface area contributed by atoms with Gasteiger partial charge in [-0.05, 0) is 67.9 Å². The van der Waals surface area contributed by atoms with Gasteiger partial charge in [-0.3, -0.25) is 53.4 Å². The number of anilines is 1. The fourth-order valence-electron chi connectivity index (χ4n) is 8.58. The minimum atomic E-state index is -1.75. The smallest absolute Gasteiger partial charge is 0.326 e. The number of carbonyl (C=O) groups excluding carboxylic acids is 8. The molecule has 0 radical (unpaired) electrons. The lowest BCUT2D eigenvalue weighted by Gasteiger charge is -2.34. The van der Waals surface area contributed by atoms with Crippen molar-refractivity contribution >= 4 is 88.4 Å². The van der Waals surface area contributed by atoms with Crippen LogP contribution in [0.1, 0.15) is 57.9 Å². The highest BCUT2D eigenvalue weighted by molar-refractivity contribution is 7.80. The molecule has 13 N–H and O–H groups in total. The number of aliphatic hydroxyl groups excluding tert-OH is 1. The summed E-state index contributed by atoms with van der Waals surface area (Å²) in [6.07, 6.45) is -0.0386. The number of carbonyl (C=O) groups is 10. The number of guanidine groups is 1. The molecular formula is C48H73N14O16S-3. The summed E-state index contributed by atoms with van der Waals surface area (Å²) in [4.78, 5) is 137. The molecule has 0 spiro atoms. The average molecular weight is 1130 g/mol. The molecule has 0 bridgehead atoms. The molecule has 1 aromatic carbocycles. The van der Waals surface area contributed by atoms with Gasteiger partial charge >= 0.3 is 11.9 Å². The highest BCUT2D eigenvalue weighted by Crippen LogP contribution is 2.20. The average Bonchev–Trinajstić information content (AvgIpc) is 3.88. The van der Waals surface area contributed by atoms with E-state index in [1.54, 1.807) is 45.6 Å². The van der Waals surface area contributed by atoms with Gasteiger partial charge in [-0.2, -0.15) is 0 Å². The molecule has 2 aliphatic heterocycles. The van der Waals surface area contributed by atoms with Crippen LogP contribution in [-0.2, 0) is 54.5 Å². The normalized spacial score (nSPS) is 17.5. The third-order valence-corrected chi connectivity index (χ3v) is 12.9. The first-order valence-electron chi connectivity index (χ1n) is 25.6. The maximum atomic E-state index is 13.5. The number of aliphatic imine (C=N–C) groups is 1. The zero-order chi connectivity index (χ0) is 58.8.